The Bertz CT molecular complexity index is 983. The van der Waals surface area contributed by atoms with Gasteiger partial charge in [-0.1, -0.05) is 0 Å². The third-order valence-corrected chi connectivity index (χ3v) is 6.58. The number of nitrogen functional groups attached to an aromatic ring is 1. The van der Waals surface area contributed by atoms with Gasteiger partial charge in [-0.25, -0.2) is 24.1 Å². The number of aliphatic hydroxyl groups is 2. The highest BCUT2D eigenvalue weighted by molar-refractivity contribution is 14.1. The summed E-state index contributed by atoms with van der Waals surface area (Å²) in [5.41, 5.74) is 6.19. The van der Waals surface area contributed by atoms with Crippen molar-refractivity contribution in [3.63, 3.8) is 0 Å². The molecular formula is C10H14IN5O10P2. The first-order valence-corrected chi connectivity index (χ1v) is 11.4. The molecule has 2 aromatic heterocycles. The monoisotopic (exact) mass is 553 g/mol. The van der Waals surface area contributed by atoms with Gasteiger partial charge in [-0.3, -0.25) is 9.09 Å². The fourth-order valence-electron chi connectivity index (χ4n) is 2.53. The number of rotatable bonds is 6. The highest BCUT2D eigenvalue weighted by Crippen LogP contribution is 2.57. The Balaban J connectivity index is 1.80. The summed E-state index contributed by atoms with van der Waals surface area (Å²) in [7, 11) is -10.4. The molecule has 1 aliphatic rings. The predicted molar refractivity (Wildman–Crippen MR) is 97.3 cm³/mol. The minimum atomic E-state index is -5.30. The predicted octanol–water partition coefficient (Wildman–Crippen LogP) is -1.14. The number of hydrogen-bond donors (Lipinski definition) is 6. The van der Waals surface area contributed by atoms with Crippen molar-refractivity contribution >= 4 is 55.2 Å². The molecule has 0 radical (unpaired) electrons. The molecule has 0 bridgehead atoms. The molecule has 28 heavy (non-hydrogen) atoms. The van der Waals surface area contributed by atoms with E-state index in [9.17, 15) is 24.2 Å². The van der Waals surface area contributed by atoms with E-state index < -0.39 is 46.8 Å². The molecule has 1 unspecified atom stereocenters. The van der Waals surface area contributed by atoms with Crippen LogP contribution in [0.5, 0.6) is 0 Å². The van der Waals surface area contributed by atoms with Gasteiger partial charge in [-0.05, 0) is 0 Å². The molecule has 0 aromatic carbocycles. The lowest BCUT2D eigenvalue weighted by Gasteiger charge is -2.18. The van der Waals surface area contributed by atoms with Gasteiger partial charge in [-0.2, -0.15) is 4.31 Å². The van der Waals surface area contributed by atoms with Crippen molar-refractivity contribution in [2.75, 3.05) is 12.3 Å². The Morgan fingerprint density at radius 3 is 2.57 bits per heavy atom. The summed E-state index contributed by atoms with van der Waals surface area (Å²) in [4.78, 5) is 38.5. The lowest BCUT2D eigenvalue weighted by Crippen LogP contribution is -2.33. The van der Waals surface area contributed by atoms with Gasteiger partial charge in [-0.15, -0.1) is 0 Å². The molecule has 7 N–H and O–H groups in total. The van der Waals surface area contributed by atoms with Gasteiger partial charge in [0.2, 0.25) is 0 Å². The van der Waals surface area contributed by atoms with Crippen LogP contribution in [0, 0.1) is 3.83 Å². The number of phosphoric ester groups is 1. The summed E-state index contributed by atoms with van der Waals surface area (Å²) in [6.45, 7) is -0.817. The van der Waals surface area contributed by atoms with Crippen molar-refractivity contribution < 1.29 is 47.6 Å². The zero-order valence-electron chi connectivity index (χ0n) is 13.5. The molecule has 156 valence electrons. The molecule has 3 heterocycles. The summed E-state index contributed by atoms with van der Waals surface area (Å²) in [5, 5.41) is 20.5. The second kappa shape index (κ2) is 7.81. The van der Waals surface area contributed by atoms with E-state index >= 15 is 0 Å². The Kier molecular flexibility index (Phi) is 6.11. The number of anilines is 1. The van der Waals surface area contributed by atoms with Gasteiger partial charge in [0.1, 0.15) is 24.6 Å². The number of nitrogens with zero attached hydrogens (tertiary/aromatic N) is 4. The van der Waals surface area contributed by atoms with Crippen molar-refractivity contribution in [1.82, 2.24) is 19.5 Å². The Morgan fingerprint density at radius 2 is 1.93 bits per heavy atom. The maximum absolute atomic E-state index is 11.5. The van der Waals surface area contributed by atoms with Crippen molar-refractivity contribution in [2.24, 2.45) is 0 Å². The Labute approximate surface area is 169 Å². The van der Waals surface area contributed by atoms with E-state index in [0.29, 0.717) is 3.83 Å². The van der Waals surface area contributed by atoms with E-state index in [-0.39, 0.29) is 17.0 Å². The Morgan fingerprint density at radius 1 is 1.25 bits per heavy atom. The van der Waals surface area contributed by atoms with Crippen molar-refractivity contribution in [2.45, 2.75) is 24.5 Å². The average Bonchev–Trinajstić information content (AvgIpc) is 3.02. The van der Waals surface area contributed by atoms with Crippen LogP contribution in [0.25, 0.3) is 11.2 Å². The molecular weight excluding hydrogens is 539 g/mol. The summed E-state index contributed by atoms with van der Waals surface area (Å²) in [6, 6.07) is 0. The smallest absolute Gasteiger partial charge is 0.387 e. The van der Waals surface area contributed by atoms with Gasteiger partial charge in [0.15, 0.2) is 27.0 Å². The molecule has 15 nitrogen and oxygen atoms in total. The first-order chi connectivity index (χ1) is 12.9. The molecule has 0 amide bonds. The summed E-state index contributed by atoms with van der Waals surface area (Å²) >= 11 is 1.83. The van der Waals surface area contributed by atoms with Gasteiger partial charge in [0, 0.05) is 22.6 Å². The standard InChI is InChI=1S/C10H14IN5O10P2/c11-10-15-4-7(12)13-2-14-8(4)16(10)9-6(18)5(17)3(25-9)1-24-28(22,23)26-27(19,20)21/h2-3,5-6,9,17-18H,1H2,(H,22,23)(H2,12,13,14)(H2,19,20,21)/t3-,5-,6-,9-/m1/s1. The molecule has 1 aliphatic heterocycles. The van der Waals surface area contributed by atoms with Crippen LogP contribution in [0.1, 0.15) is 6.23 Å². The summed E-state index contributed by atoms with van der Waals surface area (Å²) < 4.78 is 37.4. The third kappa shape index (κ3) is 4.52. The van der Waals surface area contributed by atoms with E-state index in [2.05, 4.69) is 23.8 Å². The maximum Gasteiger partial charge on any atom is 0.481 e. The van der Waals surface area contributed by atoms with Crippen LogP contribution in [0.3, 0.4) is 0 Å². The van der Waals surface area contributed by atoms with E-state index in [4.69, 9.17) is 20.3 Å². The number of aromatic nitrogens is 4. The van der Waals surface area contributed by atoms with Crippen LogP contribution < -0.4 is 5.73 Å². The second-order valence-corrected chi connectivity index (χ2v) is 9.36. The zero-order valence-corrected chi connectivity index (χ0v) is 17.5. The third-order valence-electron chi connectivity index (χ3n) is 3.67. The molecule has 0 aliphatic carbocycles. The first kappa shape index (κ1) is 21.9. The van der Waals surface area contributed by atoms with E-state index in [1.165, 1.54) is 10.9 Å². The highest BCUT2D eigenvalue weighted by Gasteiger charge is 2.46. The molecule has 18 heteroatoms. The van der Waals surface area contributed by atoms with Crippen LogP contribution in [0.4, 0.5) is 5.82 Å². The molecule has 5 atom stereocenters. The van der Waals surface area contributed by atoms with E-state index in [1.54, 1.807) is 0 Å². The van der Waals surface area contributed by atoms with Crippen molar-refractivity contribution in [3.8, 4) is 0 Å². The highest BCUT2D eigenvalue weighted by atomic mass is 127. The largest absolute Gasteiger partial charge is 0.481 e. The average molecular weight is 553 g/mol. The first-order valence-electron chi connectivity index (χ1n) is 7.29. The zero-order chi connectivity index (χ0) is 20.9. The summed E-state index contributed by atoms with van der Waals surface area (Å²) in [6.07, 6.45) is -4.47. The van der Waals surface area contributed by atoms with Crippen LogP contribution in [-0.2, 0) is 22.7 Å². The van der Waals surface area contributed by atoms with Crippen LogP contribution in [-0.4, -0.2) is 69.3 Å². The fraction of sp³-hybridized carbons (Fsp3) is 0.500. The van der Waals surface area contributed by atoms with E-state index in [0.717, 1.165) is 0 Å². The SMILES string of the molecule is Nc1ncnc2c1nc(I)n2[C@@H]1O[C@H](COP(=O)(O)OP(=O)(O)O)[C@@H](O)[C@H]1O. The number of ether oxygens (including phenoxy) is 1. The molecule has 1 fully saturated rings. The summed E-state index contributed by atoms with van der Waals surface area (Å²) in [5.74, 6) is 0.0883. The number of nitrogens with two attached hydrogens (primary N) is 1. The van der Waals surface area contributed by atoms with Crippen LogP contribution >= 0.6 is 38.2 Å². The van der Waals surface area contributed by atoms with E-state index in [1.807, 2.05) is 22.6 Å². The van der Waals surface area contributed by atoms with Crippen molar-refractivity contribution in [3.05, 3.63) is 10.2 Å². The Hall–Kier alpha value is -0.780. The fourth-order valence-corrected chi connectivity index (χ4v) is 4.87. The number of aliphatic hydroxyl groups excluding tert-OH is 2. The number of hydrogen-bond acceptors (Lipinski definition) is 11. The number of fused-ring (bicyclic) bond motifs is 1. The second-order valence-electron chi connectivity index (χ2n) is 5.56. The lowest BCUT2D eigenvalue weighted by molar-refractivity contribution is -0.0514. The molecule has 0 saturated carbocycles. The number of imidazole rings is 1. The molecule has 2 aromatic rings. The quantitative estimate of drug-likeness (QED) is 0.141. The number of phosphoric acid groups is 2. The molecule has 1 saturated heterocycles. The topological polar surface area (TPSA) is 233 Å². The van der Waals surface area contributed by atoms with Gasteiger partial charge < -0.3 is 35.4 Å². The number of halogens is 1. The van der Waals surface area contributed by atoms with Gasteiger partial charge in [0.05, 0.1) is 6.61 Å². The minimum absolute atomic E-state index is 0.0883. The van der Waals surface area contributed by atoms with Crippen LogP contribution in [0.2, 0.25) is 0 Å². The molecule has 3 rings (SSSR count). The lowest BCUT2D eigenvalue weighted by atomic mass is 10.1. The van der Waals surface area contributed by atoms with Gasteiger partial charge in [0.25, 0.3) is 0 Å². The molecule has 0 spiro atoms. The van der Waals surface area contributed by atoms with Crippen molar-refractivity contribution in [1.29, 1.82) is 0 Å². The van der Waals surface area contributed by atoms with Gasteiger partial charge >= 0.3 is 15.6 Å². The van der Waals surface area contributed by atoms with Crippen LogP contribution in [0.15, 0.2) is 6.33 Å². The maximum atomic E-state index is 11.5. The normalized spacial score (nSPS) is 27.9. The minimum Gasteiger partial charge on any atom is -0.387 e.